The van der Waals surface area contributed by atoms with Gasteiger partial charge in [-0.25, -0.2) is 17.6 Å². The van der Waals surface area contributed by atoms with Crippen LogP contribution in [0.4, 0.5) is 17.6 Å². The number of halogens is 4. The van der Waals surface area contributed by atoms with Crippen LogP contribution in [0.2, 0.25) is 0 Å². The standard InChI is InChI=1S/C10H9F4NO2/c11-6-1-2-8(12)7(3-6)9(17)15-4-10(13,14)5-16/h1-3,16H,4-5H2,(H,15,17). The lowest BCUT2D eigenvalue weighted by Gasteiger charge is -2.14. The highest BCUT2D eigenvalue weighted by Gasteiger charge is 2.28. The number of hydrogen-bond donors (Lipinski definition) is 2. The van der Waals surface area contributed by atoms with E-state index in [2.05, 4.69) is 0 Å². The summed E-state index contributed by atoms with van der Waals surface area (Å²) in [5.41, 5.74) is -0.668. The Morgan fingerprint density at radius 2 is 2.00 bits per heavy atom. The van der Waals surface area contributed by atoms with E-state index in [0.29, 0.717) is 12.1 Å². The summed E-state index contributed by atoms with van der Waals surface area (Å²) in [5.74, 6) is -6.55. The summed E-state index contributed by atoms with van der Waals surface area (Å²) >= 11 is 0. The zero-order valence-electron chi connectivity index (χ0n) is 8.51. The highest BCUT2D eigenvalue weighted by Crippen LogP contribution is 2.12. The van der Waals surface area contributed by atoms with E-state index in [1.54, 1.807) is 5.32 Å². The number of rotatable bonds is 4. The second kappa shape index (κ2) is 5.13. The first-order valence-electron chi connectivity index (χ1n) is 4.57. The lowest BCUT2D eigenvalue weighted by atomic mass is 10.2. The SMILES string of the molecule is O=C(NCC(F)(F)CO)c1cc(F)ccc1F. The number of aliphatic hydroxyl groups is 1. The maximum Gasteiger partial charge on any atom is 0.287 e. The number of aliphatic hydroxyl groups excluding tert-OH is 1. The van der Waals surface area contributed by atoms with Gasteiger partial charge < -0.3 is 10.4 Å². The predicted molar refractivity (Wildman–Crippen MR) is 50.7 cm³/mol. The Bertz CT molecular complexity index is 423. The Kier molecular flexibility index (Phi) is 4.06. The van der Waals surface area contributed by atoms with Crippen LogP contribution in [-0.2, 0) is 0 Å². The highest BCUT2D eigenvalue weighted by molar-refractivity contribution is 5.94. The van der Waals surface area contributed by atoms with Gasteiger partial charge >= 0.3 is 0 Å². The molecule has 0 spiro atoms. The fourth-order valence-electron chi connectivity index (χ4n) is 1.03. The van der Waals surface area contributed by atoms with Gasteiger partial charge in [-0.3, -0.25) is 4.79 Å². The number of hydrogen-bond acceptors (Lipinski definition) is 2. The number of carbonyl (C=O) groups is 1. The summed E-state index contributed by atoms with van der Waals surface area (Å²) in [5, 5.41) is 9.94. The summed E-state index contributed by atoms with van der Waals surface area (Å²) in [4.78, 5) is 11.2. The van der Waals surface area contributed by atoms with Crippen LogP contribution >= 0.6 is 0 Å². The second-order valence-electron chi connectivity index (χ2n) is 3.32. The van der Waals surface area contributed by atoms with Gasteiger partial charge in [-0.15, -0.1) is 0 Å². The number of benzene rings is 1. The monoisotopic (exact) mass is 251 g/mol. The molecule has 0 aliphatic rings. The van der Waals surface area contributed by atoms with Gasteiger partial charge in [-0.05, 0) is 18.2 Å². The molecule has 0 saturated carbocycles. The first-order valence-corrected chi connectivity index (χ1v) is 4.57. The van der Waals surface area contributed by atoms with Crippen molar-refractivity contribution < 1.29 is 27.5 Å². The van der Waals surface area contributed by atoms with Gasteiger partial charge in [0.25, 0.3) is 11.8 Å². The zero-order valence-corrected chi connectivity index (χ0v) is 8.51. The van der Waals surface area contributed by atoms with Crippen LogP contribution in [0.1, 0.15) is 10.4 Å². The van der Waals surface area contributed by atoms with Gasteiger partial charge in [-0.2, -0.15) is 0 Å². The van der Waals surface area contributed by atoms with E-state index in [1.165, 1.54) is 0 Å². The Morgan fingerprint density at radius 1 is 1.35 bits per heavy atom. The number of carbonyl (C=O) groups excluding carboxylic acids is 1. The van der Waals surface area contributed by atoms with Crippen molar-refractivity contribution in [3.63, 3.8) is 0 Å². The van der Waals surface area contributed by atoms with Crippen molar-refractivity contribution in [1.82, 2.24) is 5.32 Å². The Hall–Kier alpha value is -1.63. The molecule has 94 valence electrons. The lowest BCUT2D eigenvalue weighted by Crippen LogP contribution is -2.39. The third-order valence-electron chi connectivity index (χ3n) is 1.91. The lowest BCUT2D eigenvalue weighted by molar-refractivity contribution is -0.0462. The van der Waals surface area contributed by atoms with Crippen LogP contribution in [0, 0.1) is 11.6 Å². The van der Waals surface area contributed by atoms with Crippen molar-refractivity contribution in [1.29, 1.82) is 0 Å². The molecule has 3 nitrogen and oxygen atoms in total. The molecule has 0 saturated heterocycles. The third kappa shape index (κ3) is 3.70. The fraction of sp³-hybridized carbons (Fsp3) is 0.300. The molecule has 2 N–H and O–H groups in total. The van der Waals surface area contributed by atoms with Crippen LogP contribution in [0.5, 0.6) is 0 Å². The Morgan fingerprint density at radius 3 is 2.59 bits per heavy atom. The van der Waals surface area contributed by atoms with E-state index in [9.17, 15) is 22.4 Å². The molecule has 17 heavy (non-hydrogen) atoms. The van der Waals surface area contributed by atoms with Gasteiger partial charge in [0.2, 0.25) is 0 Å². The van der Waals surface area contributed by atoms with Crippen molar-refractivity contribution in [2.45, 2.75) is 5.92 Å². The minimum atomic E-state index is -3.50. The Balaban J connectivity index is 2.74. The molecular formula is C10H9F4NO2. The van der Waals surface area contributed by atoms with Crippen molar-refractivity contribution >= 4 is 5.91 Å². The molecule has 1 aromatic rings. The van der Waals surface area contributed by atoms with Crippen LogP contribution in [0.3, 0.4) is 0 Å². The molecule has 0 radical (unpaired) electrons. The number of amides is 1. The molecule has 0 bridgehead atoms. The largest absolute Gasteiger partial charge is 0.390 e. The van der Waals surface area contributed by atoms with E-state index < -0.39 is 42.2 Å². The molecule has 0 fully saturated rings. The molecule has 0 atom stereocenters. The van der Waals surface area contributed by atoms with Gasteiger partial charge in [-0.1, -0.05) is 0 Å². The van der Waals surface area contributed by atoms with Gasteiger partial charge in [0, 0.05) is 0 Å². The zero-order chi connectivity index (χ0) is 13.1. The van der Waals surface area contributed by atoms with Crippen molar-refractivity contribution in [2.24, 2.45) is 0 Å². The maximum atomic E-state index is 13.1. The smallest absolute Gasteiger partial charge is 0.287 e. The number of nitrogens with one attached hydrogen (secondary N) is 1. The quantitative estimate of drug-likeness (QED) is 0.793. The molecule has 1 rings (SSSR count). The summed E-state index contributed by atoms with van der Waals surface area (Å²) in [6, 6.07) is 2.12. The molecule has 0 aromatic heterocycles. The summed E-state index contributed by atoms with van der Waals surface area (Å²) in [7, 11) is 0. The normalized spacial score (nSPS) is 11.4. The molecule has 0 unspecified atom stereocenters. The van der Waals surface area contributed by atoms with Crippen LogP contribution in [0.15, 0.2) is 18.2 Å². The van der Waals surface area contributed by atoms with Crippen molar-refractivity contribution in [3.05, 3.63) is 35.4 Å². The second-order valence-corrected chi connectivity index (χ2v) is 3.32. The molecule has 7 heteroatoms. The van der Waals surface area contributed by atoms with E-state index >= 15 is 0 Å². The summed E-state index contributed by atoms with van der Waals surface area (Å²) in [6.07, 6.45) is 0. The van der Waals surface area contributed by atoms with Crippen LogP contribution in [0.25, 0.3) is 0 Å². The molecule has 0 aliphatic carbocycles. The summed E-state index contributed by atoms with van der Waals surface area (Å²) < 4.78 is 50.9. The molecule has 1 amide bonds. The molecular weight excluding hydrogens is 242 g/mol. The topological polar surface area (TPSA) is 49.3 Å². The van der Waals surface area contributed by atoms with E-state index in [1.807, 2.05) is 0 Å². The Labute approximate surface area is 94.1 Å². The van der Waals surface area contributed by atoms with Crippen molar-refractivity contribution in [2.75, 3.05) is 13.2 Å². The third-order valence-corrected chi connectivity index (χ3v) is 1.91. The van der Waals surface area contributed by atoms with Gasteiger partial charge in [0.05, 0.1) is 12.1 Å². The highest BCUT2D eigenvalue weighted by atomic mass is 19.3. The van der Waals surface area contributed by atoms with E-state index in [0.717, 1.165) is 6.07 Å². The van der Waals surface area contributed by atoms with Gasteiger partial charge in [0.15, 0.2) is 0 Å². The fourth-order valence-corrected chi connectivity index (χ4v) is 1.03. The molecule has 0 heterocycles. The van der Waals surface area contributed by atoms with Crippen LogP contribution in [-0.4, -0.2) is 30.1 Å². The van der Waals surface area contributed by atoms with E-state index in [4.69, 9.17) is 5.11 Å². The first kappa shape index (κ1) is 13.4. The summed E-state index contributed by atoms with van der Waals surface area (Å²) in [6.45, 7) is -2.60. The first-order chi connectivity index (χ1) is 7.85. The van der Waals surface area contributed by atoms with Crippen LogP contribution < -0.4 is 5.32 Å². The average Bonchev–Trinajstić information content (AvgIpc) is 2.29. The maximum absolute atomic E-state index is 13.1. The van der Waals surface area contributed by atoms with Crippen molar-refractivity contribution in [3.8, 4) is 0 Å². The minimum absolute atomic E-state index is 0.599. The molecule has 1 aromatic carbocycles. The number of alkyl halides is 2. The minimum Gasteiger partial charge on any atom is -0.390 e. The molecule has 0 aliphatic heterocycles. The van der Waals surface area contributed by atoms with E-state index in [-0.39, 0.29) is 0 Å². The predicted octanol–water partition coefficient (Wildman–Crippen LogP) is 1.32. The average molecular weight is 251 g/mol. The van der Waals surface area contributed by atoms with Gasteiger partial charge in [0.1, 0.15) is 18.2 Å².